The Bertz CT molecular complexity index is 539. The Kier molecular flexibility index (Phi) is 3.62. The van der Waals surface area contributed by atoms with Gasteiger partial charge < -0.3 is 15.4 Å². The molecule has 2 rings (SSSR count). The number of aliphatic hydroxyl groups is 1. The predicted octanol–water partition coefficient (Wildman–Crippen LogP) is 1.04. The number of rotatable bonds is 5. The molecule has 0 aromatic carbocycles. The van der Waals surface area contributed by atoms with Crippen LogP contribution in [0.2, 0.25) is 19.1 Å². The molecule has 0 aliphatic heterocycles. The summed E-state index contributed by atoms with van der Waals surface area (Å²) in [6.07, 6.45) is 4.58. The SMILES string of the molecule is C[Si](C)(CO)CCCn1cnc2c(N)ncnc21. The highest BCUT2D eigenvalue weighted by molar-refractivity contribution is 6.77. The lowest BCUT2D eigenvalue weighted by atomic mass is 10.4. The molecule has 0 saturated heterocycles. The molecular formula is C11H19N5OSi. The van der Waals surface area contributed by atoms with Gasteiger partial charge in [0.1, 0.15) is 11.8 Å². The minimum absolute atomic E-state index is 0.340. The van der Waals surface area contributed by atoms with Crippen LogP contribution in [0.5, 0.6) is 0 Å². The van der Waals surface area contributed by atoms with Crippen molar-refractivity contribution in [3.8, 4) is 0 Å². The molecule has 7 heteroatoms. The number of hydrogen-bond donors (Lipinski definition) is 2. The van der Waals surface area contributed by atoms with Gasteiger partial charge >= 0.3 is 0 Å². The van der Waals surface area contributed by atoms with E-state index in [0.29, 0.717) is 17.6 Å². The van der Waals surface area contributed by atoms with Crippen molar-refractivity contribution in [3.63, 3.8) is 0 Å². The van der Waals surface area contributed by atoms with Crippen LogP contribution in [0.4, 0.5) is 5.82 Å². The minimum Gasteiger partial charge on any atom is -0.400 e. The van der Waals surface area contributed by atoms with Crippen LogP contribution in [0.25, 0.3) is 11.2 Å². The zero-order valence-corrected chi connectivity index (χ0v) is 11.8. The molecule has 0 radical (unpaired) electrons. The summed E-state index contributed by atoms with van der Waals surface area (Å²) in [5, 5.41) is 9.26. The molecule has 2 aromatic rings. The molecule has 6 nitrogen and oxygen atoms in total. The van der Waals surface area contributed by atoms with Crippen molar-refractivity contribution in [2.75, 3.05) is 12.0 Å². The van der Waals surface area contributed by atoms with E-state index in [2.05, 4.69) is 28.0 Å². The quantitative estimate of drug-likeness (QED) is 0.788. The monoisotopic (exact) mass is 265 g/mol. The van der Waals surface area contributed by atoms with Crippen molar-refractivity contribution in [2.24, 2.45) is 0 Å². The van der Waals surface area contributed by atoms with Gasteiger partial charge in [-0.15, -0.1) is 0 Å². The normalized spacial score (nSPS) is 12.2. The summed E-state index contributed by atoms with van der Waals surface area (Å²) in [5.74, 6) is 0.420. The van der Waals surface area contributed by atoms with Gasteiger partial charge in [0.05, 0.1) is 14.4 Å². The number of fused-ring (bicyclic) bond motifs is 1. The highest BCUT2D eigenvalue weighted by Gasteiger charge is 2.18. The standard InChI is InChI=1S/C11H19N5OSi/c1-18(2,8-17)5-3-4-16-7-15-9-10(12)13-6-14-11(9)16/h6-7,17H,3-5,8H2,1-2H3,(H2,12,13,14). The number of aliphatic hydroxyl groups excluding tert-OH is 1. The molecular weight excluding hydrogens is 246 g/mol. The smallest absolute Gasteiger partial charge is 0.165 e. The lowest BCUT2D eigenvalue weighted by molar-refractivity contribution is 0.357. The predicted molar refractivity (Wildman–Crippen MR) is 73.7 cm³/mol. The molecule has 18 heavy (non-hydrogen) atoms. The van der Waals surface area contributed by atoms with E-state index in [4.69, 9.17) is 5.73 Å². The Morgan fingerprint density at radius 1 is 1.33 bits per heavy atom. The average molecular weight is 265 g/mol. The molecule has 0 aliphatic carbocycles. The van der Waals surface area contributed by atoms with Gasteiger partial charge in [0, 0.05) is 12.8 Å². The number of imidazole rings is 1. The highest BCUT2D eigenvalue weighted by atomic mass is 28.3. The van der Waals surface area contributed by atoms with Gasteiger partial charge in [0.2, 0.25) is 0 Å². The molecule has 2 heterocycles. The Labute approximate surface area is 107 Å². The molecule has 0 fully saturated rings. The molecule has 0 atom stereocenters. The van der Waals surface area contributed by atoms with Gasteiger partial charge in [0.25, 0.3) is 0 Å². The molecule has 0 saturated carbocycles. The molecule has 0 spiro atoms. The number of aryl methyl sites for hydroxylation is 1. The van der Waals surface area contributed by atoms with E-state index in [0.717, 1.165) is 24.7 Å². The zero-order valence-electron chi connectivity index (χ0n) is 10.8. The summed E-state index contributed by atoms with van der Waals surface area (Å²) in [7, 11) is -1.42. The summed E-state index contributed by atoms with van der Waals surface area (Å²) >= 11 is 0. The van der Waals surface area contributed by atoms with E-state index in [9.17, 15) is 5.11 Å². The highest BCUT2D eigenvalue weighted by Crippen LogP contribution is 2.16. The zero-order chi connectivity index (χ0) is 13.2. The van der Waals surface area contributed by atoms with Crippen LogP contribution in [0.15, 0.2) is 12.7 Å². The molecule has 3 N–H and O–H groups in total. The number of aromatic nitrogens is 4. The van der Waals surface area contributed by atoms with Gasteiger partial charge in [-0.25, -0.2) is 15.0 Å². The number of nitrogen functional groups attached to an aromatic ring is 1. The van der Waals surface area contributed by atoms with Gasteiger partial charge in [-0.05, 0) is 6.42 Å². The first-order valence-corrected chi connectivity index (χ1v) is 9.47. The number of nitrogens with two attached hydrogens (primary N) is 1. The largest absolute Gasteiger partial charge is 0.400 e. The Hall–Kier alpha value is -1.47. The van der Waals surface area contributed by atoms with Gasteiger partial charge in [-0.3, -0.25) is 0 Å². The second-order valence-corrected chi connectivity index (χ2v) is 10.4. The Morgan fingerprint density at radius 3 is 2.83 bits per heavy atom. The summed E-state index contributed by atoms with van der Waals surface area (Å²) in [6.45, 7) is 5.24. The molecule has 0 amide bonds. The summed E-state index contributed by atoms with van der Waals surface area (Å²) < 4.78 is 2.00. The third kappa shape index (κ3) is 2.67. The van der Waals surface area contributed by atoms with E-state index in [1.165, 1.54) is 6.33 Å². The van der Waals surface area contributed by atoms with Crippen molar-refractivity contribution in [1.82, 2.24) is 19.5 Å². The fraction of sp³-hybridized carbons (Fsp3) is 0.545. The molecule has 0 unspecified atom stereocenters. The second kappa shape index (κ2) is 5.03. The maximum absolute atomic E-state index is 9.26. The first-order chi connectivity index (χ1) is 8.53. The van der Waals surface area contributed by atoms with Crippen LogP contribution < -0.4 is 5.73 Å². The lowest BCUT2D eigenvalue weighted by Crippen LogP contribution is -2.30. The van der Waals surface area contributed by atoms with Crippen LogP contribution in [0, 0.1) is 0 Å². The van der Waals surface area contributed by atoms with Crippen LogP contribution in [0.1, 0.15) is 6.42 Å². The van der Waals surface area contributed by atoms with Crippen molar-refractivity contribution in [2.45, 2.75) is 32.1 Å². The topological polar surface area (TPSA) is 89.8 Å². The van der Waals surface area contributed by atoms with E-state index >= 15 is 0 Å². The summed E-state index contributed by atoms with van der Waals surface area (Å²) in [6, 6.07) is 1.09. The van der Waals surface area contributed by atoms with Crippen LogP contribution >= 0.6 is 0 Å². The fourth-order valence-electron chi connectivity index (χ4n) is 1.87. The van der Waals surface area contributed by atoms with Gasteiger partial charge in [-0.2, -0.15) is 0 Å². The summed E-state index contributed by atoms with van der Waals surface area (Å²) in [4.78, 5) is 12.4. The molecule has 0 aliphatic rings. The van der Waals surface area contributed by atoms with E-state index < -0.39 is 8.07 Å². The summed E-state index contributed by atoms with van der Waals surface area (Å²) in [5.41, 5.74) is 7.18. The number of anilines is 1. The third-order valence-corrected chi connectivity index (χ3v) is 5.67. The minimum atomic E-state index is -1.42. The lowest BCUT2D eigenvalue weighted by Gasteiger charge is -2.18. The Morgan fingerprint density at radius 2 is 2.11 bits per heavy atom. The molecule has 0 bridgehead atoms. The van der Waals surface area contributed by atoms with Gasteiger partial charge in [0.15, 0.2) is 11.5 Å². The van der Waals surface area contributed by atoms with Crippen molar-refractivity contribution in [1.29, 1.82) is 0 Å². The molecule has 98 valence electrons. The first-order valence-electron chi connectivity index (χ1n) is 6.06. The van der Waals surface area contributed by atoms with E-state index in [1.807, 2.05) is 4.57 Å². The van der Waals surface area contributed by atoms with Crippen LogP contribution in [-0.4, -0.2) is 38.9 Å². The van der Waals surface area contributed by atoms with Gasteiger partial charge in [-0.1, -0.05) is 19.1 Å². The number of nitrogens with zero attached hydrogens (tertiary/aromatic N) is 4. The average Bonchev–Trinajstić information content (AvgIpc) is 2.74. The maximum atomic E-state index is 9.26. The number of hydrogen-bond acceptors (Lipinski definition) is 5. The third-order valence-electron chi connectivity index (χ3n) is 3.11. The van der Waals surface area contributed by atoms with Crippen molar-refractivity contribution < 1.29 is 5.11 Å². The Balaban J connectivity index is 2.07. The first kappa shape index (κ1) is 13.0. The van der Waals surface area contributed by atoms with Crippen molar-refractivity contribution in [3.05, 3.63) is 12.7 Å². The van der Waals surface area contributed by atoms with E-state index in [-0.39, 0.29) is 0 Å². The van der Waals surface area contributed by atoms with Crippen LogP contribution in [-0.2, 0) is 6.54 Å². The fourth-order valence-corrected chi connectivity index (χ4v) is 3.14. The molecule has 2 aromatic heterocycles. The second-order valence-electron chi connectivity index (χ2n) is 5.29. The van der Waals surface area contributed by atoms with Crippen molar-refractivity contribution >= 4 is 25.1 Å². The van der Waals surface area contributed by atoms with E-state index in [1.54, 1.807) is 6.33 Å². The van der Waals surface area contributed by atoms with Crippen LogP contribution in [0.3, 0.4) is 0 Å². The maximum Gasteiger partial charge on any atom is 0.165 e.